The van der Waals surface area contributed by atoms with Crippen molar-refractivity contribution in [3.63, 3.8) is 0 Å². The second-order valence-electron chi connectivity index (χ2n) is 5.74. The summed E-state index contributed by atoms with van der Waals surface area (Å²) in [5.74, 6) is 2.13. The second-order valence-corrected chi connectivity index (χ2v) is 5.74. The van der Waals surface area contributed by atoms with Gasteiger partial charge in [0.25, 0.3) is 0 Å². The first-order valence-corrected chi connectivity index (χ1v) is 7.19. The van der Waals surface area contributed by atoms with Gasteiger partial charge in [0.15, 0.2) is 5.82 Å². The predicted octanol–water partition coefficient (Wildman–Crippen LogP) is 1.31. The molecule has 0 aromatic carbocycles. The van der Waals surface area contributed by atoms with Crippen LogP contribution in [0.1, 0.15) is 13.3 Å². The van der Waals surface area contributed by atoms with Crippen LogP contribution < -0.4 is 15.1 Å². The number of anilines is 3. The molecule has 5 heteroatoms. The molecule has 102 valence electrons. The second kappa shape index (κ2) is 4.27. The Kier molecular flexibility index (Phi) is 2.55. The van der Waals surface area contributed by atoms with Crippen LogP contribution in [-0.2, 0) is 4.74 Å². The van der Waals surface area contributed by atoms with Gasteiger partial charge in [0.05, 0.1) is 18.4 Å². The van der Waals surface area contributed by atoms with Crippen LogP contribution in [0.15, 0.2) is 12.1 Å². The first-order valence-electron chi connectivity index (χ1n) is 7.19. The highest BCUT2D eigenvalue weighted by atomic mass is 16.5. The van der Waals surface area contributed by atoms with Gasteiger partial charge in [0, 0.05) is 32.2 Å². The van der Waals surface area contributed by atoms with Crippen molar-refractivity contribution in [2.24, 2.45) is 0 Å². The number of nitrogens with one attached hydrogen (secondary N) is 1. The molecule has 1 aromatic heterocycles. The van der Waals surface area contributed by atoms with Gasteiger partial charge in [-0.15, -0.1) is 0 Å². The van der Waals surface area contributed by atoms with Gasteiger partial charge in [0.1, 0.15) is 5.82 Å². The fourth-order valence-corrected chi connectivity index (χ4v) is 3.30. The molecule has 2 saturated heterocycles. The van der Waals surface area contributed by atoms with E-state index in [0.29, 0.717) is 12.1 Å². The van der Waals surface area contributed by atoms with Crippen LogP contribution in [0, 0.1) is 0 Å². The van der Waals surface area contributed by atoms with E-state index in [0.717, 1.165) is 44.4 Å². The number of ether oxygens (including phenoxy) is 1. The summed E-state index contributed by atoms with van der Waals surface area (Å²) >= 11 is 0. The van der Waals surface area contributed by atoms with Gasteiger partial charge in [-0.2, -0.15) is 0 Å². The molecule has 0 radical (unpaired) electrons. The molecule has 2 bridgehead atoms. The van der Waals surface area contributed by atoms with Crippen LogP contribution in [0.25, 0.3) is 0 Å². The highest BCUT2D eigenvalue weighted by Gasteiger charge is 2.31. The maximum atomic E-state index is 5.59. The van der Waals surface area contributed by atoms with Gasteiger partial charge < -0.3 is 19.9 Å². The molecule has 0 aliphatic carbocycles. The molecule has 2 atom stereocenters. The molecular formula is C14H20N4O. The number of rotatable bonds is 1. The summed E-state index contributed by atoms with van der Waals surface area (Å²) in [5, 5.41) is 3.57. The first-order chi connectivity index (χ1) is 9.29. The molecule has 0 spiro atoms. The Balaban J connectivity index is 1.63. The third-order valence-electron chi connectivity index (χ3n) is 4.29. The minimum Gasteiger partial charge on any atom is -0.375 e. The Bertz CT molecular complexity index is 492. The summed E-state index contributed by atoms with van der Waals surface area (Å²) in [7, 11) is 0. The van der Waals surface area contributed by atoms with Gasteiger partial charge >= 0.3 is 0 Å². The number of nitrogens with zero attached hydrogens (tertiary/aromatic N) is 3. The van der Waals surface area contributed by atoms with E-state index in [4.69, 9.17) is 9.72 Å². The van der Waals surface area contributed by atoms with Gasteiger partial charge in [-0.1, -0.05) is 0 Å². The zero-order chi connectivity index (χ0) is 12.8. The van der Waals surface area contributed by atoms with E-state index in [1.165, 1.54) is 12.1 Å². The van der Waals surface area contributed by atoms with Crippen LogP contribution in [0.2, 0.25) is 0 Å². The molecule has 0 saturated carbocycles. The maximum Gasteiger partial charge on any atom is 0.152 e. The summed E-state index contributed by atoms with van der Waals surface area (Å²) in [6.45, 7) is 7.06. The molecular weight excluding hydrogens is 240 g/mol. The topological polar surface area (TPSA) is 40.6 Å². The molecule has 3 aliphatic heterocycles. The van der Waals surface area contributed by atoms with Crippen LogP contribution in [0.4, 0.5) is 17.3 Å². The fraction of sp³-hybridized carbons (Fsp3) is 0.643. The summed E-state index contributed by atoms with van der Waals surface area (Å²) < 4.78 is 5.59. The molecule has 3 aliphatic rings. The van der Waals surface area contributed by atoms with E-state index in [-0.39, 0.29) is 0 Å². The molecule has 4 heterocycles. The molecule has 4 rings (SSSR count). The van der Waals surface area contributed by atoms with Crippen LogP contribution in [0.5, 0.6) is 0 Å². The zero-order valence-electron chi connectivity index (χ0n) is 11.3. The van der Waals surface area contributed by atoms with E-state index < -0.39 is 0 Å². The minimum atomic E-state index is 0.291. The minimum absolute atomic E-state index is 0.291. The van der Waals surface area contributed by atoms with Crippen molar-refractivity contribution in [3.05, 3.63) is 12.1 Å². The number of aromatic nitrogens is 1. The number of pyridine rings is 1. The van der Waals surface area contributed by atoms with E-state index >= 15 is 0 Å². The summed E-state index contributed by atoms with van der Waals surface area (Å²) in [4.78, 5) is 9.59. The van der Waals surface area contributed by atoms with Gasteiger partial charge in [-0.05, 0) is 25.5 Å². The van der Waals surface area contributed by atoms with E-state index in [1.54, 1.807) is 0 Å². The Hall–Kier alpha value is -1.49. The lowest BCUT2D eigenvalue weighted by Crippen LogP contribution is -2.41. The Morgan fingerprint density at radius 3 is 3.11 bits per heavy atom. The monoisotopic (exact) mass is 260 g/mol. The molecule has 19 heavy (non-hydrogen) atoms. The quantitative estimate of drug-likeness (QED) is 0.824. The fourth-order valence-electron chi connectivity index (χ4n) is 3.30. The Labute approximate surface area is 113 Å². The van der Waals surface area contributed by atoms with Crippen LogP contribution in [-0.4, -0.2) is 49.9 Å². The van der Waals surface area contributed by atoms with Gasteiger partial charge in [-0.3, -0.25) is 0 Å². The lowest BCUT2D eigenvalue weighted by molar-refractivity contribution is 0.0529. The molecule has 2 fully saturated rings. The van der Waals surface area contributed by atoms with Crippen molar-refractivity contribution in [3.8, 4) is 0 Å². The average Bonchev–Trinajstić information content (AvgIpc) is 2.81. The van der Waals surface area contributed by atoms with Crippen LogP contribution in [0.3, 0.4) is 0 Å². The largest absolute Gasteiger partial charge is 0.375 e. The predicted molar refractivity (Wildman–Crippen MR) is 76.1 cm³/mol. The molecule has 5 nitrogen and oxygen atoms in total. The Morgan fingerprint density at radius 1 is 1.26 bits per heavy atom. The van der Waals surface area contributed by atoms with Crippen molar-refractivity contribution >= 4 is 17.3 Å². The third-order valence-corrected chi connectivity index (χ3v) is 4.29. The highest BCUT2D eigenvalue weighted by molar-refractivity contribution is 5.72. The first kappa shape index (κ1) is 11.3. The number of morpholine rings is 1. The van der Waals surface area contributed by atoms with E-state index in [2.05, 4.69) is 34.2 Å². The molecule has 2 unspecified atom stereocenters. The number of hydrogen-bond acceptors (Lipinski definition) is 5. The SMILES string of the molecule is CC1CN(c2ccc3c(n2)NC2CCN3C2)CCO1. The van der Waals surface area contributed by atoms with Crippen molar-refractivity contribution in [1.29, 1.82) is 0 Å². The average molecular weight is 260 g/mol. The van der Waals surface area contributed by atoms with Crippen molar-refractivity contribution in [2.45, 2.75) is 25.5 Å². The molecule has 1 aromatic rings. The Morgan fingerprint density at radius 2 is 2.21 bits per heavy atom. The smallest absolute Gasteiger partial charge is 0.152 e. The lowest BCUT2D eigenvalue weighted by Gasteiger charge is -2.34. The normalized spacial score (nSPS) is 29.1. The third kappa shape index (κ3) is 1.92. The van der Waals surface area contributed by atoms with Crippen molar-refractivity contribution < 1.29 is 4.74 Å². The lowest BCUT2D eigenvalue weighted by atomic mass is 10.2. The van der Waals surface area contributed by atoms with E-state index in [9.17, 15) is 0 Å². The number of hydrogen-bond donors (Lipinski definition) is 1. The molecule has 0 amide bonds. The number of fused-ring (bicyclic) bond motifs is 4. The maximum absolute atomic E-state index is 5.59. The van der Waals surface area contributed by atoms with Gasteiger partial charge in [0.2, 0.25) is 0 Å². The summed E-state index contributed by atoms with van der Waals surface area (Å²) in [5.41, 5.74) is 1.26. The zero-order valence-corrected chi connectivity index (χ0v) is 11.3. The molecule has 1 N–H and O–H groups in total. The van der Waals surface area contributed by atoms with Crippen LogP contribution >= 0.6 is 0 Å². The van der Waals surface area contributed by atoms with Gasteiger partial charge in [-0.25, -0.2) is 4.98 Å². The van der Waals surface area contributed by atoms with Crippen molar-refractivity contribution in [1.82, 2.24) is 4.98 Å². The standard InChI is InChI=1S/C14H20N4O/c1-10-8-18(6-7-19-10)13-3-2-12-14(16-13)15-11-4-5-17(12)9-11/h2-3,10-11H,4-9H2,1H3,(H,15,16). The highest BCUT2D eigenvalue weighted by Crippen LogP contribution is 2.35. The van der Waals surface area contributed by atoms with E-state index in [1.807, 2.05) is 0 Å². The van der Waals surface area contributed by atoms with Crippen molar-refractivity contribution in [2.75, 3.05) is 47.9 Å². The summed E-state index contributed by atoms with van der Waals surface area (Å²) in [6, 6.07) is 4.95. The summed E-state index contributed by atoms with van der Waals surface area (Å²) in [6.07, 6.45) is 1.51.